The molecular weight excluding hydrogens is 246 g/mol. The van der Waals surface area contributed by atoms with E-state index in [0.717, 1.165) is 25.2 Å². The highest BCUT2D eigenvalue weighted by Crippen LogP contribution is 2.14. The quantitative estimate of drug-likeness (QED) is 0.875. The van der Waals surface area contributed by atoms with E-state index >= 15 is 0 Å². The van der Waals surface area contributed by atoms with Crippen LogP contribution in [0.1, 0.15) is 36.4 Å². The van der Waals surface area contributed by atoms with Gasteiger partial charge in [0.15, 0.2) is 0 Å². The predicted octanol–water partition coefficient (Wildman–Crippen LogP) is 3.09. The van der Waals surface area contributed by atoms with Gasteiger partial charge >= 0.3 is 0 Å². The molecule has 2 aromatic rings. The van der Waals surface area contributed by atoms with Gasteiger partial charge in [-0.25, -0.2) is 4.98 Å². The second-order valence-corrected chi connectivity index (χ2v) is 5.67. The van der Waals surface area contributed by atoms with Crippen molar-refractivity contribution in [1.82, 2.24) is 14.9 Å². The summed E-state index contributed by atoms with van der Waals surface area (Å²) >= 11 is 0. The van der Waals surface area contributed by atoms with Gasteiger partial charge in [0.2, 0.25) is 0 Å². The molecule has 0 spiro atoms. The summed E-state index contributed by atoms with van der Waals surface area (Å²) in [6.07, 6.45) is 3.01. The summed E-state index contributed by atoms with van der Waals surface area (Å²) in [6.45, 7) is 10.5. The molecule has 1 aromatic heterocycles. The number of rotatable bonds is 6. The minimum absolute atomic E-state index is 0.542. The molecule has 0 aliphatic rings. The molecule has 20 heavy (non-hydrogen) atoms. The summed E-state index contributed by atoms with van der Waals surface area (Å²) in [5.41, 5.74) is 5.18. The maximum atomic E-state index is 4.38. The standard InChI is InChI=1S/C17H25N3/c1-13(2)18-10-9-16-7-5-6-8-17(16)11-20-12-19-14(3)15(20)4/h5-8,12-13,18H,9-11H2,1-4H3. The van der Waals surface area contributed by atoms with E-state index in [9.17, 15) is 0 Å². The van der Waals surface area contributed by atoms with Gasteiger partial charge in [0.1, 0.15) is 0 Å². The Morgan fingerprint density at radius 2 is 1.85 bits per heavy atom. The van der Waals surface area contributed by atoms with E-state index in [2.05, 4.69) is 66.8 Å². The zero-order valence-corrected chi connectivity index (χ0v) is 13.0. The molecule has 0 unspecified atom stereocenters. The van der Waals surface area contributed by atoms with Crippen LogP contribution in [0.2, 0.25) is 0 Å². The van der Waals surface area contributed by atoms with Crippen LogP contribution in [-0.4, -0.2) is 22.1 Å². The first-order valence-corrected chi connectivity index (χ1v) is 7.36. The highest BCUT2D eigenvalue weighted by atomic mass is 15.0. The fourth-order valence-electron chi connectivity index (χ4n) is 2.34. The molecule has 0 saturated carbocycles. The number of imidazole rings is 1. The molecule has 1 aromatic carbocycles. The van der Waals surface area contributed by atoms with Gasteiger partial charge in [-0.2, -0.15) is 0 Å². The Hall–Kier alpha value is -1.61. The van der Waals surface area contributed by atoms with Crippen LogP contribution in [0.15, 0.2) is 30.6 Å². The molecule has 3 nitrogen and oxygen atoms in total. The Labute approximate surface area is 122 Å². The van der Waals surface area contributed by atoms with Gasteiger partial charge < -0.3 is 9.88 Å². The Morgan fingerprint density at radius 1 is 1.15 bits per heavy atom. The average Bonchev–Trinajstić information content (AvgIpc) is 2.72. The van der Waals surface area contributed by atoms with Crippen molar-refractivity contribution in [2.75, 3.05) is 6.54 Å². The highest BCUT2D eigenvalue weighted by Gasteiger charge is 2.06. The number of hydrogen-bond acceptors (Lipinski definition) is 2. The van der Waals surface area contributed by atoms with E-state index < -0.39 is 0 Å². The molecule has 0 radical (unpaired) electrons. The normalized spacial score (nSPS) is 11.2. The van der Waals surface area contributed by atoms with E-state index in [0.29, 0.717) is 6.04 Å². The molecule has 0 fully saturated rings. The zero-order valence-electron chi connectivity index (χ0n) is 13.0. The Balaban J connectivity index is 2.09. The van der Waals surface area contributed by atoms with Gasteiger partial charge in [-0.05, 0) is 37.9 Å². The van der Waals surface area contributed by atoms with Gasteiger partial charge in [-0.1, -0.05) is 38.1 Å². The minimum atomic E-state index is 0.542. The molecule has 2 rings (SSSR count). The van der Waals surface area contributed by atoms with Gasteiger partial charge in [-0.3, -0.25) is 0 Å². The molecule has 0 saturated heterocycles. The Bertz CT molecular complexity index is 555. The number of aromatic nitrogens is 2. The average molecular weight is 271 g/mol. The van der Waals surface area contributed by atoms with Crippen LogP contribution in [0.5, 0.6) is 0 Å². The molecule has 0 aliphatic carbocycles. The Kier molecular flexibility index (Phi) is 4.96. The first-order valence-electron chi connectivity index (χ1n) is 7.36. The van der Waals surface area contributed by atoms with Crippen LogP contribution in [0, 0.1) is 13.8 Å². The molecule has 1 N–H and O–H groups in total. The topological polar surface area (TPSA) is 29.9 Å². The van der Waals surface area contributed by atoms with Crippen LogP contribution < -0.4 is 5.32 Å². The molecule has 1 heterocycles. The highest BCUT2D eigenvalue weighted by molar-refractivity contribution is 5.28. The van der Waals surface area contributed by atoms with E-state index in [1.165, 1.54) is 16.8 Å². The first-order chi connectivity index (χ1) is 9.58. The summed E-state index contributed by atoms with van der Waals surface area (Å²) in [7, 11) is 0. The maximum Gasteiger partial charge on any atom is 0.0954 e. The van der Waals surface area contributed by atoms with Crippen LogP contribution in [-0.2, 0) is 13.0 Å². The monoisotopic (exact) mass is 271 g/mol. The first kappa shape index (κ1) is 14.8. The molecular formula is C17H25N3. The van der Waals surface area contributed by atoms with Crippen molar-refractivity contribution in [3.63, 3.8) is 0 Å². The van der Waals surface area contributed by atoms with Crippen LogP contribution in [0.3, 0.4) is 0 Å². The number of aryl methyl sites for hydroxylation is 1. The molecule has 0 atom stereocenters. The van der Waals surface area contributed by atoms with Crippen LogP contribution in [0.25, 0.3) is 0 Å². The fraction of sp³-hybridized carbons (Fsp3) is 0.471. The van der Waals surface area contributed by atoms with E-state index in [-0.39, 0.29) is 0 Å². The minimum Gasteiger partial charge on any atom is -0.330 e. The number of nitrogens with one attached hydrogen (secondary N) is 1. The smallest absolute Gasteiger partial charge is 0.0954 e. The lowest BCUT2D eigenvalue weighted by Crippen LogP contribution is -2.25. The van der Waals surface area contributed by atoms with E-state index in [4.69, 9.17) is 0 Å². The number of hydrogen-bond donors (Lipinski definition) is 1. The fourth-order valence-corrected chi connectivity index (χ4v) is 2.34. The van der Waals surface area contributed by atoms with Crippen molar-refractivity contribution in [2.45, 2.75) is 46.7 Å². The van der Waals surface area contributed by atoms with E-state index in [1.54, 1.807) is 0 Å². The zero-order chi connectivity index (χ0) is 14.5. The largest absolute Gasteiger partial charge is 0.330 e. The summed E-state index contributed by atoms with van der Waals surface area (Å²) in [5.74, 6) is 0. The molecule has 3 heteroatoms. The third kappa shape index (κ3) is 3.70. The van der Waals surface area contributed by atoms with E-state index in [1.807, 2.05) is 6.33 Å². The summed E-state index contributed by atoms with van der Waals surface area (Å²) in [5, 5.41) is 3.48. The van der Waals surface area contributed by atoms with Gasteiger partial charge in [0.25, 0.3) is 0 Å². The van der Waals surface area contributed by atoms with Crippen molar-refractivity contribution in [3.05, 3.63) is 53.1 Å². The Morgan fingerprint density at radius 3 is 2.45 bits per heavy atom. The van der Waals surface area contributed by atoms with Crippen molar-refractivity contribution in [2.24, 2.45) is 0 Å². The summed E-state index contributed by atoms with van der Waals surface area (Å²) in [6, 6.07) is 9.24. The van der Waals surface area contributed by atoms with Gasteiger partial charge in [0, 0.05) is 18.3 Å². The van der Waals surface area contributed by atoms with Crippen molar-refractivity contribution >= 4 is 0 Å². The van der Waals surface area contributed by atoms with Crippen LogP contribution >= 0.6 is 0 Å². The third-order valence-corrected chi connectivity index (χ3v) is 3.75. The summed E-state index contributed by atoms with van der Waals surface area (Å²) < 4.78 is 2.23. The van der Waals surface area contributed by atoms with Crippen molar-refractivity contribution in [1.29, 1.82) is 0 Å². The lowest BCUT2D eigenvalue weighted by atomic mass is 10.0. The lowest BCUT2D eigenvalue weighted by Gasteiger charge is -2.13. The molecule has 108 valence electrons. The third-order valence-electron chi connectivity index (χ3n) is 3.75. The number of nitrogens with zero attached hydrogens (tertiary/aromatic N) is 2. The van der Waals surface area contributed by atoms with Crippen molar-refractivity contribution in [3.8, 4) is 0 Å². The maximum absolute atomic E-state index is 4.38. The molecule has 0 amide bonds. The lowest BCUT2D eigenvalue weighted by molar-refractivity contribution is 0.588. The van der Waals surface area contributed by atoms with Crippen molar-refractivity contribution < 1.29 is 0 Å². The predicted molar refractivity (Wildman–Crippen MR) is 84.1 cm³/mol. The molecule has 0 bridgehead atoms. The second kappa shape index (κ2) is 6.71. The SMILES string of the molecule is Cc1ncn(Cc2ccccc2CCNC(C)C)c1C. The van der Waals surface area contributed by atoms with Crippen LogP contribution in [0.4, 0.5) is 0 Å². The summed E-state index contributed by atoms with van der Waals surface area (Å²) in [4.78, 5) is 4.38. The molecule has 0 aliphatic heterocycles. The number of benzene rings is 1. The van der Waals surface area contributed by atoms with Gasteiger partial charge in [-0.15, -0.1) is 0 Å². The second-order valence-electron chi connectivity index (χ2n) is 5.67. The van der Waals surface area contributed by atoms with Gasteiger partial charge in [0.05, 0.1) is 12.0 Å².